The molecule has 1 aliphatic rings. The molecule has 0 N–H and O–H groups in total. The van der Waals surface area contributed by atoms with Crippen molar-refractivity contribution in [2.24, 2.45) is 14.1 Å². The molecule has 1 atom stereocenters. The van der Waals surface area contributed by atoms with Crippen LogP contribution in [0.3, 0.4) is 0 Å². The van der Waals surface area contributed by atoms with Gasteiger partial charge in [0.25, 0.3) is 10.0 Å². The van der Waals surface area contributed by atoms with E-state index in [-0.39, 0.29) is 11.6 Å². The molecule has 2 aromatic carbocycles. The Kier molecular flexibility index (Phi) is 6.57. The number of sulfonamides is 1. The van der Waals surface area contributed by atoms with Gasteiger partial charge in [0.05, 0.1) is 42.0 Å². The van der Waals surface area contributed by atoms with Crippen LogP contribution in [0.15, 0.2) is 84.8 Å². The number of rotatable bonds is 7. The summed E-state index contributed by atoms with van der Waals surface area (Å²) in [7, 11) is -0.281. The molecule has 0 radical (unpaired) electrons. The highest BCUT2D eigenvalue weighted by Gasteiger charge is 2.37. The second-order valence-electron chi connectivity index (χ2n) is 10.1. The maximum atomic E-state index is 14.2. The van der Waals surface area contributed by atoms with Crippen molar-refractivity contribution in [2.45, 2.75) is 30.6 Å². The molecular weight excluding hydrogens is 524 g/mol. The zero-order valence-corrected chi connectivity index (χ0v) is 23.0. The van der Waals surface area contributed by atoms with Crippen molar-refractivity contribution in [1.82, 2.24) is 28.4 Å². The van der Waals surface area contributed by atoms with E-state index in [0.717, 1.165) is 33.4 Å². The minimum absolute atomic E-state index is 0.00340. The smallest absolute Gasteiger partial charge is 0.262 e. The monoisotopic (exact) mass is 552 g/mol. The Hall–Kier alpha value is -4.53. The van der Waals surface area contributed by atoms with Gasteiger partial charge in [-0.05, 0) is 47.9 Å². The zero-order chi connectivity index (χ0) is 27.9. The predicted octanol–water partition coefficient (Wildman–Crippen LogP) is 3.40. The summed E-state index contributed by atoms with van der Waals surface area (Å²) in [5, 5.41) is 10.6. The van der Waals surface area contributed by atoms with E-state index in [4.69, 9.17) is 0 Å². The van der Waals surface area contributed by atoms with E-state index in [0.29, 0.717) is 25.1 Å². The highest BCUT2D eigenvalue weighted by atomic mass is 32.2. The Balaban J connectivity index is 1.43. The summed E-state index contributed by atoms with van der Waals surface area (Å²) in [5.41, 5.74) is 5.09. The van der Waals surface area contributed by atoms with E-state index in [2.05, 4.69) is 25.9 Å². The first kappa shape index (κ1) is 25.7. The van der Waals surface area contributed by atoms with E-state index in [1.54, 1.807) is 34.5 Å². The van der Waals surface area contributed by atoms with Gasteiger partial charge in [-0.25, -0.2) is 18.4 Å². The van der Waals surface area contributed by atoms with E-state index < -0.39 is 16.1 Å². The SMILES string of the molecule is Cn1cnc(S(=O)(=O)N(Cc2ccc3cccnc3c2)C2Cc3cc(C#N)ccc3N(Cc3cncn3C)C2)c1. The van der Waals surface area contributed by atoms with Gasteiger partial charge in [0.2, 0.25) is 0 Å². The number of aromatic nitrogens is 5. The van der Waals surface area contributed by atoms with Crippen molar-refractivity contribution in [3.8, 4) is 6.07 Å². The fourth-order valence-electron chi connectivity index (χ4n) is 5.32. The highest BCUT2D eigenvalue weighted by molar-refractivity contribution is 7.89. The summed E-state index contributed by atoms with van der Waals surface area (Å²) in [6.07, 6.45) is 8.79. The number of aryl methyl sites for hydroxylation is 2. The van der Waals surface area contributed by atoms with Crippen molar-refractivity contribution >= 4 is 26.6 Å². The molecule has 40 heavy (non-hydrogen) atoms. The molecule has 0 fully saturated rings. The van der Waals surface area contributed by atoms with Gasteiger partial charge in [-0.2, -0.15) is 9.57 Å². The highest BCUT2D eigenvalue weighted by Crippen LogP contribution is 2.34. The van der Waals surface area contributed by atoms with Gasteiger partial charge in [-0.15, -0.1) is 0 Å². The number of pyridine rings is 1. The quantitative estimate of drug-likeness (QED) is 0.304. The molecule has 4 heterocycles. The minimum atomic E-state index is -3.97. The van der Waals surface area contributed by atoms with Crippen LogP contribution in [-0.2, 0) is 43.6 Å². The molecule has 0 saturated carbocycles. The minimum Gasteiger partial charge on any atom is -0.364 e. The van der Waals surface area contributed by atoms with Crippen molar-refractivity contribution in [3.05, 3.63) is 102 Å². The van der Waals surface area contributed by atoms with Crippen LogP contribution >= 0.6 is 0 Å². The molecule has 5 aromatic rings. The average molecular weight is 553 g/mol. The van der Waals surface area contributed by atoms with Gasteiger partial charge in [0, 0.05) is 62.9 Å². The normalized spacial score (nSPS) is 15.3. The van der Waals surface area contributed by atoms with Crippen LogP contribution in [0.25, 0.3) is 10.9 Å². The van der Waals surface area contributed by atoms with E-state index >= 15 is 0 Å². The summed E-state index contributed by atoms with van der Waals surface area (Å²) in [4.78, 5) is 15.1. The fourth-order valence-corrected chi connectivity index (χ4v) is 6.89. The Bertz CT molecular complexity index is 1850. The third-order valence-electron chi connectivity index (χ3n) is 7.38. The molecule has 0 aliphatic carbocycles. The standard InChI is InChI=1S/C29H28N8O2S/c1-34-18-29(33-20-34)40(38,39)37(15-22-5-7-23-4-3-9-32-27(23)11-22)25-12-24-10-21(13-30)6-8-28(24)36(16-25)17-26-14-31-19-35(26)2/h3-11,14,18-20,25H,12,15-17H2,1-2H3. The second kappa shape index (κ2) is 10.2. The molecule has 0 bridgehead atoms. The van der Waals surface area contributed by atoms with Crippen LogP contribution in [0.1, 0.15) is 22.4 Å². The lowest BCUT2D eigenvalue weighted by Crippen LogP contribution is -2.50. The fraction of sp³-hybridized carbons (Fsp3) is 0.241. The number of fused-ring (bicyclic) bond motifs is 2. The zero-order valence-electron chi connectivity index (χ0n) is 22.2. The number of anilines is 1. The van der Waals surface area contributed by atoms with Crippen LogP contribution in [0.2, 0.25) is 0 Å². The Morgan fingerprint density at radius 2 is 1.98 bits per heavy atom. The summed E-state index contributed by atoms with van der Waals surface area (Å²) in [6, 6.07) is 17.1. The number of benzene rings is 2. The summed E-state index contributed by atoms with van der Waals surface area (Å²) >= 11 is 0. The van der Waals surface area contributed by atoms with Crippen molar-refractivity contribution in [2.75, 3.05) is 11.4 Å². The van der Waals surface area contributed by atoms with Gasteiger partial charge in [0.1, 0.15) is 0 Å². The van der Waals surface area contributed by atoms with E-state index in [1.165, 1.54) is 12.5 Å². The van der Waals surface area contributed by atoms with Gasteiger partial charge in [0.15, 0.2) is 5.03 Å². The van der Waals surface area contributed by atoms with Gasteiger partial charge in [-0.3, -0.25) is 4.98 Å². The topological polar surface area (TPSA) is 113 Å². The molecule has 1 aliphatic heterocycles. The molecule has 10 nitrogen and oxygen atoms in total. The van der Waals surface area contributed by atoms with Crippen LogP contribution in [0, 0.1) is 11.3 Å². The molecule has 3 aromatic heterocycles. The molecule has 1 unspecified atom stereocenters. The van der Waals surface area contributed by atoms with E-state index in [1.807, 2.05) is 60.3 Å². The molecule has 202 valence electrons. The summed E-state index contributed by atoms with van der Waals surface area (Å²) in [6.45, 7) is 1.16. The van der Waals surface area contributed by atoms with Gasteiger partial charge >= 0.3 is 0 Å². The van der Waals surface area contributed by atoms with Crippen molar-refractivity contribution in [1.29, 1.82) is 5.26 Å². The molecule has 0 spiro atoms. The molecule has 11 heteroatoms. The maximum Gasteiger partial charge on any atom is 0.262 e. The first-order valence-corrected chi connectivity index (χ1v) is 14.3. The molecule has 0 amide bonds. The Morgan fingerprint density at radius 1 is 1.10 bits per heavy atom. The third kappa shape index (κ3) is 4.83. The van der Waals surface area contributed by atoms with E-state index in [9.17, 15) is 13.7 Å². The van der Waals surface area contributed by atoms with Crippen LogP contribution in [-0.4, -0.2) is 49.4 Å². The number of nitrogens with zero attached hydrogens (tertiary/aromatic N) is 8. The van der Waals surface area contributed by atoms with Gasteiger partial charge < -0.3 is 14.0 Å². The van der Waals surface area contributed by atoms with Crippen LogP contribution < -0.4 is 4.90 Å². The summed E-state index contributed by atoms with van der Waals surface area (Å²) < 4.78 is 33.5. The lowest BCUT2D eigenvalue weighted by atomic mass is 9.95. The number of hydrogen-bond acceptors (Lipinski definition) is 7. The second-order valence-corrected chi connectivity index (χ2v) is 12.0. The molecule has 0 saturated heterocycles. The van der Waals surface area contributed by atoms with Crippen LogP contribution in [0.5, 0.6) is 0 Å². The molecule has 6 rings (SSSR count). The Labute approximate surface area is 232 Å². The summed E-state index contributed by atoms with van der Waals surface area (Å²) in [5.74, 6) is 0. The number of imidazole rings is 2. The maximum absolute atomic E-state index is 14.2. The van der Waals surface area contributed by atoms with Crippen molar-refractivity contribution < 1.29 is 8.42 Å². The van der Waals surface area contributed by atoms with Crippen molar-refractivity contribution in [3.63, 3.8) is 0 Å². The van der Waals surface area contributed by atoms with Gasteiger partial charge in [-0.1, -0.05) is 18.2 Å². The molecular formula is C29H28N8O2S. The first-order valence-electron chi connectivity index (χ1n) is 12.9. The Morgan fingerprint density at radius 3 is 2.73 bits per heavy atom. The third-order valence-corrected chi connectivity index (χ3v) is 9.16. The average Bonchev–Trinajstić information content (AvgIpc) is 3.59. The lowest BCUT2D eigenvalue weighted by molar-refractivity contribution is 0.301. The predicted molar refractivity (Wildman–Crippen MR) is 151 cm³/mol. The number of nitriles is 1. The lowest BCUT2D eigenvalue weighted by Gasteiger charge is -2.40. The largest absolute Gasteiger partial charge is 0.364 e. The number of hydrogen-bond donors (Lipinski definition) is 0. The van der Waals surface area contributed by atoms with Crippen LogP contribution in [0.4, 0.5) is 5.69 Å². The first-order chi connectivity index (χ1) is 19.3.